The van der Waals surface area contributed by atoms with Crippen LogP contribution in [0.15, 0.2) is 85.5 Å². The number of esters is 1. The third kappa shape index (κ3) is 6.48. The molecular weight excluding hydrogens is 608 g/mol. The maximum Gasteiger partial charge on any atom is 0.308 e. The molecular formula is C43H54N2O4. The van der Waals surface area contributed by atoms with Crippen molar-refractivity contribution >= 4 is 5.97 Å². The number of hydrogen-bond donors (Lipinski definition) is 1. The van der Waals surface area contributed by atoms with E-state index >= 15 is 0 Å². The minimum atomic E-state index is -0.918. The second-order valence-electron chi connectivity index (χ2n) is 14.9. The molecule has 2 bridgehead atoms. The van der Waals surface area contributed by atoms with Crippen LogP contribution in [-0.4, -0.2) is 70.8 Å². The van der Waals surface area contributed by atoms with Crippen molar-refractivity contribution in [1.29, 1.82) is 0 Å². The van der Waals surface area contributed by atoms with Gasteiger partial charge in [-0.15, -0.1) is 6.58 Å². The number of rotatable bonds is 16. The van der Waals surface area contributed by atoms with Gasteiger partial charge >= 0.3 is 5.97 Å². The first-order chi connectivity index (χ1) is 23.9. The number of aliphatic hydroxyl groups is 1. The first kappa shape index (κ1) is 34.0. The van der Waals surface area contributed by atoms with E-state index in [1.54, 1.807) is 0 Å². The molecule has 3 aromatic carbocycles. The summed E-state index contributed by atoms with van der Waals surface area (Å²) in [5, 5.41) is 13.0. The number of aryl methyl sites for hydroxylation is 2. The zero-order valence-corrected chi connectivity index (χ0v) is 29.3. The Morgan fingerprint density at radius 2 is 1.59 bits per heavy atom. The fourth-order valence-electron chi connectivity index (χ4n) is 9.96. The summed E-state index contributed by atoms with van der Waals surface area (Å²) < 4.78 is 12.9. The number of benzene rings is 3. The quantitative estimate of drug-likeness (QED) is 0.0745. The Bertz CT molecular complexity index is 1590. The van der Waals surface area contributed by atoms with Crippen LogP contribution in [0.1, 0.15) is 87.0 Å². The first-order valence-electron chi connectivity index (χ1n) is 18.9. The predicted octanol–water partition coefficient (Wildman–Crippen LogP) is 7.45. The minimum Gasteiger partial charge on any atom is -0.483 e. The SMILES string of the molecule is C=CCN1CC[C@]23c4c5ccc(OC(C)=O)c4O[C@H]2[C@H](N(CCCCCCc2ccccc2)CCCCc2ccccc2)CC[C@@]3(O)[C@H]1C5. The largest absolute Gasteiger partial charge is 0.483 e. The maximum atomic E-state index is 13.0. The Hall–Kier alpha value is -3.45. The summed E-state index contributed by atoms with van der Waals surface area (Å²) in [5.74, 6) is 0.847. The summed E-state index contributed by atoms with van der Waals surface area (Å²) in [6.07, 6.45) is 14.3. The highest BCUT2D eigenvalue weighted by Crippen LogP contribution is 2.66. The van der Waals surface area contributed by atoms with E-state index in [0.717, 1.165) is 89.5 Å². The van der Waals surface area contributed by atoms with Crippen molar-refractivity contribution in [2.45, 2.75) is 113 Å². The zero-order chi connectivity index (χ0) is 33.8. The number of nitrogens with zero attached hydrogens (tertiary/aromatic N) is 2. The number of carbonyl (C=O) groups is 1. The molecule has 1 spiro atoms. The van der Waals surface area contributed by atoms with Crippen molar-refractivity contribution in [3.8, 4) is 11.5 Å². The van der Waals surface area contributed by atoms with Crippen LogP contribution in [0.3, 0.4) is 0 Å². The predicted molar refractivity (Wildman–Crippen MR) is 195 cm³/mol. The highest BCUT2D eigenvalue weighted by molar-refractivity contribution is 5.72. The van der Waals surface area contributed by atoms with E-state index < -0.39 is 11.0 Å². The molecule has 2 aliphatic carbocycles. The van der Waals surface area contributed by atoms with Crippen LogP contribution in [0.4, 0.5) is 0 Å². The van der Waals surface area contributed by atoms with Crippen LogP contribution in [0.2, 0.25) is 0 Å². The van der Waals surface area contributed by atoms with Gasteiger partial charge in [-0.25, -0.2) is 0 Å². The topological polar surface area (TPSA) is 62.2 Å². The lowest BCUT2D eigenvalue weighted by atomic mass is 9.48. The van der Waals surface area contributed by atoms with Gasteiger partial charge in [0.1, 0.15) is 6.10 Å². The molecule has 1 N–H and O–H groups in total. The van der Waals surface area contributed by atoms with Crippen LogP contribution in [0.5, 0.6) is 11.5 Å². The molecule has 2 heterocycles. The second-order valence-corrected chi connectivity index (χ2v) is 14.9. The highest BCUT2D eigenvalue weighted by Gasteiger charge is 2.73. The smallest absolute Gasteiger partial charge is 0.308 e. The summed E-state index contributed by atoms with van der Waals surface area (Å²) in [6, 6.07) is 25.9. The van der Waals surface area contributed by atoms with E-state index in [9.17, 15) is 9.90 Å². The van der Waals surface area contributed by atoms with Gasteiger partial charge in [-0.1, -0.05) is 85.6 Å². The highest BCUT2D eigenvalue weighted by atomic mass is 16.6. The van der Waals surface area contributed by atoms with Gasteiger partial charge in [-0.3, -0.25) is 14.6 Å². The van der Waals surface area contributed by atoms with E-state index in [0.29, 0.717) is 11.5 Å². The molecule has 49 heavy (non-hydrogen) atoms. The number of ether oxygens (including phenoxy) is 2. The first-order valence-corrected chi connectivity index (χ1v) is 18.9. The molecule has 7 rings (SSSR count). The van der Waals surface area contributed by atoms with E-state index in [4.69, 9.17) is 9.47 Å². The van der Waals surface area contributed by atoms with Crippen molar-refractivity contribution in [1.82, 2.24) is 9.80 Å². The van der Waals surface area contributed by atoms with Gasteiger partial charge in [0, 0.05) is 31.1 Å². The maximum absolute atomic E-state index is 13.0. The van der Waals surface area contributed by atoms with Gasteiger partial charge in [-0.05, 0) is 107 Å². The molecule has 260 valence electrons. The second kappa shape index (κ2) is 14.8. The van der Waals surface area contributed by atoms with Gasteiger partial charge in [0.25, 0.3) is 0 Å². The summed E-state index contributed by atoms with van der Waals surface area (Å²) in [7, 11) is 0. The zero-order valence-electron chi connectivity index (χ0n) is 29.3. The van der Waals surface area contributed by atoms with E-state index in [2.05, 4.69) is 83.1 Å². The molecule has 2 fully saturated rings. The summed E-state index contributed by atoms with van der Waals surface area (Å²) in [6.45, 7) is 9.20. The molecule has 0 amide bonds. The van der Waals surface area contributed by atoms with Crippen molar-refractivity contribution in [2.24, 2.45) is 0 Å². The van der Waals surface area contributed by atoms with Crippen molar-refractivity contribution in [3.05, 3.63) is 108 Å². The van der Waals surface area contributed by atoms with E-state index in [-0.39, 0.29) is 24.2 Å². The van der Waals surface area contributed by atoms with E-state index in [1.807, 2.05) is 12.1 Å². The Morgan fingerprint density at radius 1 is 0.939 bits per heavy atom. The van der Waals surface area contributed by atoms with Gasteiger partial charge in [-0.2, -0.15) is 0 Å². The number of piperidine rings is 1. The molecule has 5 atom stereocenters. The van der Waals surface area contributed by atoms with Gasteiger partial charge in [0.15, 0.2) is 11.5 Å². The third-order valence-corrected chi connectivity index (χ3v) is 12.1. The van der Waals surface area contributed by atoms with Crippen molar-refractivity contribution in [3.63, 3.8) is 0 Å². The average molecular weight is 663 g/mol. The van der Waals surface area contributed by atoms with Crippen molar-refractivity contribution < 1.29 is 19.4 Å². The third-order valence-electron chi connectivity index (χ3n) is 12.1. The summed E-state index contributed by atoms with van der Waals surface area (Å²) >= 11 is 0. The van der Waals surface area contributed by atoms with Crippen LogP contribution in [0, 0.1) is 0 Å². The molecule has 1 saturated heterocycles. The molecule has 6 nitrogen and oxygen atoms in total. The summed E-state index contributed by atoms with van der Waals surface area (Å²) in [4.78, 5) is 17.4. The fraction of sp³-hybridized carbons (Fsp3) is 0.512. The normalized spacial score (nSPS) is 26.6. The molecule has 4 aliphatic rings. The Morgan fingerprint density at radius 3 is 2.27 bits per heavy atom. The van der Waals surface area contributed by atoms with Crippen LogP contribution >= 0.6 is 0 Å². The number of unbranched alkanes of at least 4 members (excludes halogenated alkanes) is 4. The van der Waals surface area contributed by atoms with Gasteiger partial charge in [0.05, 0.1) is 11.0 Å². The van der Waals surface area contributed by atoms with Crippen molar-refractivity contribution in [2.75, 3.05) is 26.2 Å². The minimum absolute atomic E-state index is 0.00765. The van der Waals surface area contributed by atoms with E-state index in [1.165, 1.54) is 42.9 Å². The fourth-order valence-corrected chi connectivity index (χ4v) is 9.96. The molecule has 6 heteroatoms. The number of likely N-dealkylation sites (tertiary alicyclic amines) is 1. The number of hydrogen-bond acceptors (Lipinski definition) is 6. The summed E-state index contributed by atoms with van der Waals surface area (Å²) in [5.41, 5.74) is 3.71. The standard InChI is InChI=1S/C43H54N2O4/c1-3-27-45-30-26-42-39-35-22-23-37(48-32(2)46)40(39)49-41(42)36(24-25-43(42,47)38(45)31-35)44(29-15-13-21-34-19-11-7-12-20-34)28-14-5-4-8-16-33-17-9-6-10-18-33/h3,6-7,9-12,17-20,22-23,36,38,41,47H,1,4-5,8,13-16,21,24-31H2,2H3/t36-,38-,41+,42+,43-/m1/s1. The molecule has 0 unspecified atom stereocenters. The van der Waals surface area contributed by atoms with Gasteiger partial charge in [0.2, 0.25) is 0 Å². The molecule has 3 aromatic rings. The van der Waals surface area contributed by atoms with Crippen LogP contribution < -0.4 is 9.47 Å². The monoisotopic (exact) mass is 662 g/mol. The molecule has 0 radical (unpaired) electrons. The molecule has 2 aliphatic heterocycles. The molecule has 0 aromatic heterocycles. The molecule has 1 saturated carbocycles. The number of carbonyl (C=O) groups excluding carboxylic acids is 1. The lowest BCUT2D eigenvalue weighted by Crippen LogP contribution is -2.78. The van der Waals surface area contributed by atoms with Crippen LogP contribution in [0.25, 0.3) is 0 Å². The van der Waals surface area contributed by atoms with Crippen LogP contribution in [-0.2, 0) is 29.5 Å². The lowest BCUT2D eigenvalue weighted by Gasteiger charge is -2.65. The van der Waals surface area contributed by atoms with Gasteiger partial charge < -0.3 is 14.6 Å². The Kier molecular flexibility index (Phi) is 10.3. The Labute approximate surface area is 293 Å². The lowest BCUT2D eigenvalue weighted by molar-refractivity contribution is -0.198. The average Bonchev–Trinajstić information content (AvgIpc) is 3.46. The Balaban J connectivity index is 1.14.